The number of fused-ring (bicyclic) bond motifs is 1. The van der Waals surface area contributed by atoms with E-state index >= 15 is 0 Å². The Kier molecular flexibility index (Phi) is 3.50. The Hall–Kier alpha value is -1.64. The van der Waals surface area contributed by atoms with Gasteiger partial charge in [0.05, 0.1) is 13.0 Å². The molecule has 96 valence electrons. The van der Waals surface area contributed by atoms with Gasteiger partial charge >= 0.3 is 5.97 Å². The van der Waals surface area contributed by atoms with Crippen molar-refractivity contribution in [2.75, 3.05) is 7.11 Å². The molecule has 1 aromatic carbocycles. The number of ether oxygens (including phenoxy) is 1. The first-order valence-electron chi connectivity index (χ1n) is 6.27. The fraction of sp³-hybridized carbons (Fsp3) is 0.467. The van der Waals surface area contributed by atoms with E-state index in [0.717, 1.165) is 23.1 Å². The van der Waals surface area contributed by atoms with Crippen LogP contribution in [0.15, 0.2) is 18.2 Å². The lowest BCUT2D eigenvalue weighted by Crippen LogP contribution is -2.16. The van der Waals surface area contributed by atoms with Gasteiger partial charge in [0.2, 0.25) is 0 Å². The standard InChI is InChI=1S/C15H18O3/c1-9-8-13-11(7-10(2)15(17)18-3)5-4-6-12(13)14(9)16/h4-6,9-10H,7-8H2,1-3H3/t9-,10?/m0/s1. The third-order valence-corrected chi connectivity index (χ3v) is 3.63. The van der Waals surface area contributed by atoms with E-state index in [2.05, 4.69) is 0 Å². The van der Waals surface area contributed by atoms with E-state index in [9.17, 15) is 9.59 Å². The van der Waals surface area contributed by atoms with Gasteiger partial charge in [-0.1, -0.05) is 32.0 Å². The summed E-state index contributed by atoms with van der Waals surface area (Å²) in [6.07, 6.45) is 1.42. The molecule has 0 saturated heterocycles. The first kappa shape index (κ1) is 12.8. The first-order valence-corrected chi connectivity index (χ1v) is 6.27. The van der Waals surface area contributed by atoms with Gasteiger partial charge in [0.25, 0.3) is 0 Å². The van der Waals surface area contributed by atoms with Gasteiger partial charge in [-0.3, -0.25) is 9.59 Å². The molecule has 0 heterocycles. The lowest BCUT2D eigenvalue weighted by molar-refractivity contribution is -0.144. The van der Waals surface area contributed by atoms with Crippen LogP contribution < -0.4 is 0 Å². The Morgan fingerprint density at radius 2 is 2.22 bits per heavy atom. The van der Waals surface area contributed by atoms with Crippen LogP contribution in [0.1, 0.15) is 35.3 Å². The molecular formula is C15H18O3. The van der Waals surface area contributed by atoms with Crippen LogP contribution in [0.25, 0.3) is 0 Å². The summed E-state index contributed by atoms with van der Waals surface area (Å²) < 4.78 is 4.74. The molecule has 0 aromatic heterocycles. The van der Waals surface area contributed by atoms with Crippen molar-refractivity contribution in [1.29, 1.82) is 0 Å². The predicted molar refractivity (Wildman–Crippen MR) is 68.5 cm³/mol. The zero-order valence-electron chi connectivity index (χ0n) is 11.0. The van der Waals surface area contributed by atoms with Crippen LogP contribution in [-0.2, 0) is 22.4 Å². The summed E-state index contributed by atoms with van der Waals surface area (Å²) in [6, 6.07) is 5.78. The number of carbonyl (C=O) groups is 2. The first-order chi connectivity index (χ1) is 8.54. The lowest BCUT2D eigenvalue weighted by Gasteiger charge is -2.12. The van der Waals surface area contributed by atoms with E-state index in [4.69, 9.17) is 4.74 Å². The van der Waals surface area contributed by atoms with Crippen molar-refractivity contribution in [3.63, 3.8) is 0 Å². The van der Waals surface area contributed by atoms with E-state index in [1.54, 1.807) is 0 Å². The number of ketones is 1. The number of carbonyl (C=O) groups excluding carboxylic acids is 2. The summed E-state index contributed by atoms with van der Waals surface area (Å²) in [5.41, 5.74) is 3.05. The lowest BCUT2D eigenvalue weighted by atomic mass is 9.94. The molecule has 0 N–H and O–H groups in total. The van der Waals surface area contributed by atoms with Crippen molar-refractivity contribution < 1.29 is 14.3 Å². The molecule has 0 amide bonds. The van der Waals surface area contributed by atoms with Gasteiger partial charge in [-0.15, -0.1) is 0 Å². The van der Waals surface area contributed by atoms with Gasteiger partial charge in [-0.25, -0.2) is 0 Å². The molecule has 3 nitrogen and oxygen atoms in total. The van der Waals surface area contributed by atoms with Gasteiger partial charge in [-0.05, 0) is 24.0 Å². The topological polar surface area (TPSA) is 43.4 Å². The number of hydrogen-bond acceptors (Lipinski definition) is 3. The van der Waals surface area contributed by atoms with Crippen LogP contribution in [-0.4, -0.2) is 18.9 Å². The highest BCUT2D eigenvalue weighted by molar-refractivity contribution is 6.02. The number of esters is 1. The van der Waals surface area contributed by atoms with E-state index in [1.165, 1.54) is 7.11 Å². The highest BCUT2D eigenvalue weighted by Crippen LogP contribution is 2.30. The second-order valence-corrected chi connectivity index (χ2v) is 5.04. The maximum atomic E-state index is 11.9. The third-order valence-electron chi connectivity index (χ3n) is 3.63. The van der Waals surface area contributed by atoms with E-state index in [0.29, 0.717) is 6.42 Å². The molecule has 1 aliphatic carbocycles. The summed E-state index contributed by atoms with van der Waals surface area (Å²) in [7, 11) is 1.40. The molecule has 1 unspecified atom stereocenters. The number of Topliss-reactive ketones (excluding diaryl/α,β-unsaturated/α-hetero) is 1. The molecule has 1 aromatic rings. The van der Waals surface area contributed by atoms with Crippen LogP contribution in [0.3, 0.4) is 0 Å². The highest BCUT2D eigenvalue weighted by Gasteiger charge is 2.29. The fourth-order valence-corrected chi connectivity index (χ4v) is 2.58. The highest BCUT2D eigenvalue weighted by atomic mass is 16.5. The Balaban J connectivity index is 2.27. The molecule has 2 rings (SSSR count). The van der Waals surface area contributed by atoms with Crippen molar-refractivity contribution >= 4 is 11.8 Å². The summed E-state index contributed by atoms with van der Waals surface area (Å²) in [4.78, 5) is 23.4. The molecule has 0 saturated carbocycles. The number of methoxy groups -OCH3 is 1. The SMILES string of the molecule is COC(=O)C(C)Cc1cccc2c1C[C@H](C)C2=O. The van der Waals surface area contributed by atoms with Gasteiger partial charge < -0.3 is 4.74 Å². The van der Waals surface area contributed by atoms with E-state index in [1.807, 2.05) is 32.0 Å². The Morgan fingerprint density at radius 3 is 2.89 bits per heavy atom. The number of hydrogen-bond donors (Lipinski definition) is 0. The summed E-state index contributed by atoms with van der Waals surface area (Å²) >= 11 is 0. The maximum Gasteiger partial charge on any atom is 0.308 e. The number of benzene rings is 1. The van der Waals surface area contributed by atoms with E-state index in [-0.39, 0.29) is 23.6 Å². The molecule has 3 heteroatoms. The average Bonchev–Trinajstić information content (AvgIpc) is 2.66. The molecule has 0 bridgehead atoms. The van der Waals surface area contributed by atoms with Crippen molar-refractivity contribution in [3.8, 4) is 0 Å². The predicted octanol–water partition coefficient (Wildman–Crippen LogP) is 2.41. The molecule has 2 atom stereocenters. The van der Waals surface area contributed by atoms with Crippen molar-refractivity contribution in [2.45, 2.75) is 26.7 Å². The Labute approximate surface area is 107 Å². The molecule has 1 aliphatic rings. The van der Waals surface area contributed by atoms with Crippen LogP contribution in [0.2, 0.25) is 0 Å². The molecule has 0 radical (unpaired) electrons. The van der Waals surface area contributed by atoms with Gasteiger partial charge in [0.1, 0.15) is 0 Å². The van der Waals surface area contributed by atoms with Crippen LogP contribution >= 0.6 is 0 Å². The van der Waals surface area contributed by atoms with E-state index < -0.39 is 0 Å². The maximum absolute atomic E-state index is 11.9. The molecular weight excluding hydrogens is 228 g/mol. The quantitative estimate of drug-likeness (QED) is 0.769. The minimum Gasteiger partial charge on any atom is -0.469 e. The third kappa shape index (κ3) is 2.17. The van der Waals surface area contributed by atoms with Crippen molar-refractivity contribution in [2.24, 2.45) is 11.8 Å². The second-order valence-electron chi connectivity index (χ2n) is 5.04. The van der Waals surface area contributed by atoms with Crippen LogP contribution in [0.4, 0.5) is 0 Å². The average molecular weight is 246 g/mol. The zero-order chi connectivity index (χ0) is 13.3. The minimum absolute atomic E-state index is 0.0644. The van der Waals surface area contributed by atoms with Gasteiger partial charge in [0, 0.05) is 11.5 Å². The minimum atomic E-state index is -0.204. The van der Waals surface area contributed by atoms with Crippen LogP contribution in [0.5, 0.6) is 0 Å². The Morgan fingerprint density at radius 1 is 1.50 bits per heavy atom. The summed E-state index contributed by atoms with van der Waals surface area (Å²) in [6.45, 7) is 3.81. The van der Waals surface area contributed by atoms with Gasteiger partial charge in [-0.2, -0.15) is 0 Å². The number of rotatable bonds is 3. The smallest absolute Gasteiger partial charge is 0.308 e. The molecule has 0 aliphatic heterocycles. The zero-order valence-corrected chi connectivity index (χ0v) is 11.0. The summed E-state index contributed by atoms with van der Waals surface area (Å²) in [5, 5.41) is 0. The van der Waals surface area contributed by atoms with Crippen LogP contribution in [0, 0.1) is 11.8 Å². The second kappa shape index (κ2) is 4.92. The van der Waals surface area contributed by atoms with Crippen molar-refractivity contribution in [3.05, 3.63) is 34.9 Å². The monoisotopic (exact) mass is 246 g/mol. The summed E-state index contributed by atoms with van der Waals surface area (Å²) in [5.74, 6) is -0.0929. The normalized spacial score (nSPS) is 19.5. The molecule has 18 heavy (non-hydrogen) atoms. The largest absolute Gasteiger partial charge is 0.469 e. The Bertz CT molecular complexity index is 491. The fourth-order valence-electron chi connectivity index (χ4n) is 2.58. The molecule has 0 spiro atoms. The van der Waals surface area contributed by atoms with Gasteiger partial charge in [0.15, 0.2) is 5.78 Å². The van der Waals surface area contributed by atoms with Crippen molar-refractivity contribution in [1.82, 2.24) is 0 Å². The molecule has 0 fully saturated rings.